The first-order valence-electron chi connectivity index (χ1n) is 8.63. The van der Waals surface area contributed by atoms with E-state index >= 15 is 0 Å². The maximum atomic E-state index is 12.8. The van der Waals surface area contributed by atoms with Crippen molar-refractivity contribution in [2.45, 2.75) is 6.42 Å². The average molecular weight is 502 g/mol. The number of carbonyl (C=O) groups is 2. The van der Waals surface area contributed by atoms with Crippen molar-refractivity contribution in [3.63, 3.8) is 0 Å². The van der Waals surface area contributed by atoms with Gasteiger partial charge in [-0.05, 0) is 24.3 Å². The minimum atomic E-state index is -0.335. The number of halogens is 3. The smallest absolute Gasteiger partial charge is 0.266 e. The third-order valence-corrected chi connectivity index (χ3v) is 6.56. The number of thioether (sulfide) groups is 1. The van der Waals surface area contributed by atoms with Crippen LogP contribution in [0.15, 0.2) is 41.3 Å². The number of para-hydroxylation sites is 1. The van der Waals surface area contributed by atoms with E-state index in [2.05, 4.69) is 5.32 Å². The second-order valence-corrected chi connectivity index (χ2v) is 9.02. The Hall–Kier alpha value is -1.77. The molecule has 5 nitrogen and oxygen atoms in total. The van der Waals surface area contributed by atoms with E-state index in [4.69, 9.17) is 51.8 Å². The van der Waals surface area contributed by atoms with Gasteiger partial charge in [-0.2, -0.15) is 0 Å². The van der Waals surface area contributed by atoms with E-state index in [9.17, 15) is 9.59 Å². The molecule has 2 amide bonds. The Labute approximate surface area is 198 Å². The lowest BCUT2D eigenvalue weighted by Gasteiger charge is -2.14. The normalized spacial score (nSPS) is 15.1. The topological polar surface area (TPSA) is 58.6 Å². The number of thiocarbonyl (C=S) groups is 1. The monoisotopic (exact) mass is 500 g/mol. The minimum absolute atomic E-state index is 0.0327. The van der Waals surface area contributed by atoms with E-state index < -0.39 is 0 Å². The van der Waals surface area contributed by atoms with Crippen molar-refractivity contribution < 1.29 is 14.3 Å². The zero-order chi connectivity index (χ0) is 21.8. The van der Waals surface area contributed by atoms with Crippen molar-refractivity contribution in [1.82, 2.24) is 4.90 Å². The predicted octanol–water partition coefficient (Wildman–Crippen LogP) is 5.89. The van der Waals surface area contributed by atoms with Crippen LogP contribution in [0.3, 0.4) is 0 Å². The van der Waals surface area contributed by atoms with Crippen molar-refractivity contribution in [2.24, 2.45) is 0 Å². The summed E-state index contributed by atoms with van der Waals surface area (Å²) >= 11 is 24.4. The number of rotatable bonds is 6. The number of methoxy groups -OCH3 is 1. The number of benzene rings is 2. The summed E-state index contributed by atoms with van der Waals surface area (Å²) in [6.45, 7) is 0.138. The summed E-state index contributed by atoms with van der Waals surface area (Å²) in [7, 11) is 1.57. The SMILES string of the molecule is COc1ccccc1C=C1SC(=S)N(CCC(=O)Nc2cc(Cl)c(Cl)cc2Cl)C1=O. The maximum absolute atomic E-state index is 12.8. The Balaban J connectivity index is 1.65. The molecule has 0 saturated carbocycles. The molecule has 2 aromatic carbocycles. The molecule has 1 aliphatic heterocycles. The Kier molecular flexibility index (Phi) is 7.65. The van der Waals surface area contributed by atoms with Crippen LogP contribution in [0.2, 0.25) is 15.1 Å². The maximum Gasteiger partial charge on any atom is 0.266 e. The lowest BCUT2D eigenvalue weighted by atomic mass is 10.2. The highest BCUT2D eigenvalue weighted by molar-refractivity contribution is 8.26. The molecule has 10 heteroatoms. The van der Waals surface area contributed by atoms with Crippen molar-refractivity contribution in [2.75, 3.05) is 19.0 Å². The Morgan fingerprint density at radius 2 is 1.90 bits per heavy atom. The number of hydrogen-bond acceptors (Lipinski definition) is 5. The molecule has 0 aliphatic carbocycles. The van der Waals surface area contributed by atoms with Crippen LogP contribution in [-0.2, 0) is 9.59 Å². The lowest BCUT2D eigenvalue weighted by molar-refractivity contribution is -0.122. The molecule has 156 valence electrons. The fourth-order valence-electron chi connectivity index (χ4n) is 2.66. The van der Waals surface area contributed by atoms with E-state index in [0.717, 1.165) is 5.56 Å². The van der Waals surface area contributed by atoms with Gasteiger partial charge < -0.3 is 10.1 Å². The second-order valence-electron chi connectivity index (χ2n) is 6.12. The number of ether oxygens (including phenoxy) is 1. The summed E-state index contributed by atoms with van der Waals surface area (Å²) in [4.78, 5) is 26.9. The van der Waals surface area contributed by atoms with E-state index in [-0.39, 0.29) is 34.8 Å². The van der Waals surface area contributed by atoms with Crippen LogP contribution >= 0.6 is 58.8 Å². The molecule has 1 saturated heterocycles. The number of nitrogens with one attached hydrogen (secondary N) is 1. The van der Waals surface area contributed by atoms with Crippen LogP contribution in [-0.4, -0.2) is 34.7 Å². The van der Waals surface area contributed by atoms with Gasteiger partial charge in [0.2, 0.25) is 5.91 Å². The zero-order valence-corrected chi connectivity index (χ0v) is 19.5. The quantitative estimate of drug-likeness (QED) is 0.304. The first-order valence-corrected chi connectivity index (χ1v) is 11.0. The van der Waals surface area contributed by atoms with E-state index in [1.54, 1.807) is 13.2 Å². The predicted molar refractivity (Wildman–Crippen MR) is 128 cm³/mol. The summed E-state index contributed by atoms with van der Waals surface area (Å²) < 4.78 is 5.70. The number of hydrogen-bond donors (Lipinski definition) is 1. The van der Waals surface area contributed by atoms with Crippen LogP contribution in [0.1, 0.15) is 12.0 Å². The molecule has 1 aliphatic rings. The van der Waals surface area contributed by atoms with Crippen LogP contribution in [0.4, 0.5) is 5.69 Å². The summed E-state index contributed by atoms with van der Waals surface area (Å²) in [5, 5.41) is 3.50. The molecule has 0 aromatic heterocycles. The highest BCUT2D eigenvalue weighted by Crippen LogP contribution is 2.35. The van der Waals surface area contributed by atoms with Gasteiger partial charge in [-0.1, -0.05) is 77.0 Å². The Morgan fingerprint density at radius 1 is 1.20 bits per heavy atom. The van der Waals surface area contributed by atoms with E-state index in [0.29, 0.717) is 25.7 Å². The molecule has 3 rings (SSSR count). The van der Waals surface area contributed by atoms with Crippen molar-refractivity contribution in [1.29, 1.82) is 0 Å². The molecule has 0 unspecified atom stereocenters. The molecule has 0 atom stereocenters. The molecule has 30 heavy (non-hydrogen) atoms. The molecule has 1 fully saturated rings. The van der Waals surface area contributed by atoms with Gasteiger partial charge in [0.25, 0.3) is 5.91 Å². The molecule has 2 aromatic rings. The minimum Gasteiger partial charge on any atom is -0.496 e. The molecular formula is C20H15Cl3N2O3S2. The molecular weight excluding hydrogens is 487 g/mol. The molecule has 0 radical (unpaired) electrons. The zero-order valence-electron chi connectivity index (χ0n) is 15.6. The summed E-state index contributed by atoms with van der Waals surface area (Å²) in [6.07, 6.45) is 1.76. The van der Waals surface area contributed by atoms with Gasteiger partial charge >= 0.3 is 0 Å². The summed E-state index contributed by atoms with van der Waals surface area (Å²) in [6, 6.07) is 10.3. The molecule has 0 bridgehead atoms. The van der Waals surface area contributed by atoms with E-state index in [1.807, 2.05) is 24.3 Å². The van der Waals surface area contributed by atoms with Gasteiger partial charge in [-0.25, -0.2) is 0 Å². The summed E-state index contributed by atoms with van der Waals surface area (Å²) in [5.74, 6) is 0.0648. The van der Waals surface area contributed by atoms with Crippen molar-refractivity contribution >= 4 is 86.7 Å². The van der Waals surface area contributed by atoms with Gasteiger partial charge in [0.15, 0.2) is 0 Å². The van der Waals surface area contributed by atoms with Crippen LogP contribution < -0.4 is 10.1 Å². The number of anilines is 1. The van der Waals surface area contributed by atoms with Gasteiger partial charge in [0.1, 0.15) is 10.1 Å². The first-order chi connectivity index (χ1) is 14.3. The molecule has 1 N–H and O–H groups in total. The van der Waals surface area contributed by atoms with Gasteiger partial charge in [0.05, 0.1) is 32.8 Å². The Morgan fingerprint density at radius 3 is 2.63 bits per heavy atom. The first kappa shape index (κ1) is 22.9. The third kappa shape index (κ3) is 5.28. The fourth-order valence-corrected chi connectivity index (χ4v) is 4.56. The van der Waals surface area contributed by atoms with Crippen LogP contribution in [0.25, 0.3) is 6.08 Å². The van der Waals surface area contributed by atoms with Crippen LogP contribution in [0, 0.1) is 0 Å². The largest absolute Gasteiger partial charge is 0.496 e. The number of amides is 2. The highest BCUT2D eigenvalue weighted by Gasteiger charge is 2.32. The average Bonchev–Trinajstić information content (AvgIpc) is 2.97. The summed E-state index contributed by atoms with van der Waals surface area (Å²) in [5.41, 5.74) is 1.12. The van der Waals surface area contributed by atoms with Gasteiger partial charge in [0, 0.05) is 18.5 Å². The van der Waals surface area contributed by atoms with Crippen LogP contribution in [0.5, 0.6) is 5.75 Å². The van der Waals surface area contributed by atoms with E-state index in [1.165, 1.54) is 28.8 Å². The number of carbonyl (C=O) groups excluding carboxylic acids is 2. The lowest BCUT2D eigenvalue weighted by Crippen LogP contribution is -2.31. The molecule has 1 heterocycles. The van der Waals surface area contributed by atoms with Crippen molar-refractivity contribution in [3.05, 3.63) is 61.9 Å². The third-order valence-electron chi connectivity index (χ3n) is 4.15. The fraction of sp³-hybridized carbons (Fsp3) is 0.150. The van der Waals surface area contributed by atoms with Crippen molar-refractivity contribution in [3.8, 4) is 5.75 Å². The van der Waals surface area contributed by atoms with Gasteiger partial charge in [-0.3, -0.25) is 14.5 Å². The standard InChI is InChI=1S/C20H15Cl3N2O3S2/c1-28-16-5-3-2-4-11(16)8-17-19(27)25(20(29)30-17)7-6-18(26)24-15-10-13(22)12(21)9-14(15)23/h2-5,8-10H,6-7H2,1H3,(H,24,26). The highest BCUT2D eigenvalue weighted by atomic mass is 35.5. The van der Waals surface area contributed by atoms with Gasteiger partial charge in [-0.15, -0.1) is 0 Å². The Bertz CT molecular complexity index is 1060. The molecule has 0 spiro atoms. The second kappa shape index (κ2) is 10.0. The number of nitrogens with zero attached hydrogens (tertiary/aromatic N) is 1.